The molecule has 0 bridgehead atoms. The van der Waals surface area contributed by atoms with Gasteiger partial charge in [0.1, 0.15) is 11.9 Å². The zero-order chi connectivity index (χ0) is 14.7. The molecule has 1 fully saturated rings. The fourth-order valence-electron chi connectivity index (χ4n) is 1.82. The van der Waals surface area contributed by atoms with Gasteiger partial charge in [-0.2, -0.15) is 11.8 Å². The number of carboxylic acids is 1. The van der Waals surface area contributed by atoms with E-state index in [1.807, 2.05) is 0 Å². The number of carboxylic acid groups (broad SMARTS) is 1. The van der Waals surface area contributed by atoms with Gasteiger partial charge in [0.15, 0.2) is 0 Å². The summed E-state index contributed by atoms with van der Waals surface area (Å²) in [6, 6.07) is 2.75. The Morgan fingerprint density at radius 3 is 2.90 bits per heavy atom. The van der Waals surface area contributed by atoms with Gasteiger partial charge < -0.3 is 15.3 Å². The normalized spacial score (nSPS) is 18.7. The number of nitrogens with one attached hydrogen (secondary N) is 1. The molecule has 1 aliphatic rings. The molecule has 2 N–H and O–H groups in total. The Morgan fingerprint density at radius 2 is 2.25 bits per heavy atom. The van der Waals surface area contributed by atoms with E-state index in [1.54, 1.807) is 0 Å². The summed E-state index contributed by atoms with van der Waals surface area (Å²) in [6.07, 6.45) is 0. The van der Waals surface area contributed by atoms with Gasteiger partial charge in [-0.3, -0.25) is 0 Å². The summed E-state index contributed by atoms with van der Waals surface area (Å²) in [5, 5.41) is 11.7. The molecular formula is C12H12BrFN2O3S. The first-order chi connectivity index (χ1) is 9.49. The number of thioether (sulfide) groups is 1. The SMILES string of the molecule is O=C(O)C1CSCCN1C(=O)Nc1ccc(F)c(Br)c1. The Kier molecular flexibility index (Phi) is 4.87. The zero-order valence-electron chi connectivity index (χ0n) is 10.3. The lowest BCUT2D eigenvalue weighted by molar-refractivity contribution is -0.141. The van der Waals surface area contributed by atoms with E-state index >= 15 is 0 Å². The highest BCUT2D eigenvalue weighted by Crippen LogP contribution is 2.22. The number of rotatable bonds is 2. The Morgan fingerprint density at radius 1 is 1.50 bits per heavy atom. The minimum atomic E-state index is -1.02. The largest absolute Gasteiger partial charge is 0.480 e. The molecule has 2 rings (SSSR count). The molecule has 5 nitrogen and oxygen atoms in total. The van der Waals surface area contributed by atoms with Crippen molar-refractivity contribution in [2.45, 2.75) is 6.04 Å². The number of nitrogens with zero attached hydrogens (tertiary/aromatic N) is 1. The van der Waals surface area contributed by atoms with Crippen LogP contribution in [-0.4, -0.2) is 46.1 Å². The van der Waals surface area contributed by atoms with Crippen LogP contribution in [0.2, 0.25) is 0 Å². The summed E-state index contributed by atoms with van der Waals surface area (Å²) >= 11 is 4.53. The number of urea groups is 1. The molecule has 0 aliphatic carbocycles. The van der Waals surface area contributed by atoms with E-state index in [9.17, 15) is 14.0 Å². The monoisotopic (exact) mass is 362 g/mol. The van der Waals surface area contributed by atoms with Crippen molar-refractivity contribution in [1.29, 1.82) is 0 Å². The first-order valence-corrected chi connectivity index (χ1v) is 7.77. The van der Waals surface area contributed by atoms with Crippen molar-refractivity contribution in [1.82, 2.24) is 4.90 Å². The molecule has 8 heteroatoms. The lowest BCUT2D eigenvalue weighted by Crippen LogP contribution is -2.51. The molecule has 0 radical (unpaired) electrons. The fraction of sp³-hybridized carbons (Fsp3) is 0.333. The van der Waals surface area contributed by atoms with Crippen molar-refractivity contribution >= 4 is 45.4 Å². The van der Waals surface area contributed by atoms with Crippen LogP contribution in [0.4, 0.5) is 14.9 Å². The third-order valence-electron chi connectivity index (χ3n) is 2.85. The predicted molar refractivity (Wildman–Crippen MR) is 78.6 cm³/mol. The van der Waals surface area contributed by atoms with E-state index in [0.717, 1.165) is 0 Å². The highest BCUT2D eigenvalue weighted by Gasteiger charge is 2.32. The Bertz CT molecular complexity index is 543. The van der Waals surface area contributed by atoms with Gasteiger partial charge in [-0.25, -0.2) is 14.0 Å². The van der Waals surface area contributed by atoms with E-state index in [4.69, 9.17) is 5.11 Å². The molecule has 1 saturated heterocycles. The number of halogens is 2. The molecule has 20 heavy (non-hydrogen) atoms. The summed E-state index contributed by atoms with van der Waals surface area (Å²) in [7, 11) is 0. The molecule has 1 atom stereocenters. The molecule has 0 saturated carbocycles. The number of aliphatic carboxylic acids is 1. The Hall–Kier alpha value is -1.28. The predicted octanol–water partition coefficient (Wildman–Crippen LogP) is 2.62. The number of amides is 2. The average Bonchev–Trinajstić information content (AvgIpc) is 2.43. The van der Waals surface area contributed by atoms with Crippen molar-refractivity contribution < 1.29 is 19.1 Å². The quantitative estimate of drug-likeness (QED) is 0.848. The molecule has 1 aliphatic heterocycles. The van der Waals surface area contributed by atoms with Crippen LogP contribution in [0.25, 0.3) is 0 Å². The molecule has 1 unspecified atom stereocenters. The second kappa shape index (κ2) is 6.45. The molecule has 0 spiro atoms. The van der Waals surface area contributed by atoms with Crippen LogP contribution < -0.4 is 5.32 Å². The van der Waals surface area contributed by atoms with Crippen molar-refractivity contribution in [3.63, 3.8) is 0 Å². The number of anilines is 1. The van der Waals surface area contributed by atoms with Crippen LogP contribution in [0.5, 0.6) is 0 Å². The van der Waals surface area contributed by atoms with E-state index in [0.29, 0.717) is 23.7 Å². The number of hydrogen-bond acceptors (Lipinski definition) is 3. The van der Waals surface area contributed by atoms with E-state index in [2.05, 4.69) is 21.2 Å². The highest BCUT2D eigenvalue weighted by atomic mass is 79.9. The van der Waals surface area contributed by atoms with Crippen LogP contribution >= 0.6 is 27.7 Å². The lowest BCUT2D eigenvalue weighted by atomic mass is 10.3. The van der Waals surface area contributed by atoms with Crippen LogP contribution in [-0.2, 0) is 4.79 Å². The Balaban J connectivity index is 2.09. The van der Waals surface area contributed by atoms with Crippen LogP contribution in [0.1, 0.15) is 0 Å². The Labute approximate surface area is 127 Å². The van der Waals surface area contributed by atoms with E-state index in [-0.39, 0.29) is 4.47 Å². The van der Waals surface area contributed by atoms with Gasteiger partial charge in [0, 0.05) is 23.7 Å². The number of carbonyl (C=O) groups excluding carboxylic acids is 1. The van der Waals surface area contributed by atoms with E-state index in [1.165, 1.54) is 34.9 Å². The van der Waals surface area contributed by atoms with Gasteiger partial charge in [0.2, 0.25) is 0 Å². The second-order valence-corrected chi connectivity index (χ2v) is 6.19. The summed E-state index contributed by atoms with van der Waals surface area (Å²) in [4.78, 5) is 24.5. The van der Waals surface area contributed by atoms with Gasteiger partial charge in [0.05, 0.1) is 4.47 Å². The maximum Gasteiger partial charge on any atom is 0.327 e. The maximum absolute atomic E-state index is 13.1. The lowest BCUT2D eigenvalue weighted by Gasteiger charge is -2.32. The van der Waals surface area contributed by atoms with Crippen molar-refractivity contribution in [2.24, 2.45) is 0 Å². The molecule has 108 valence electrons. The summed E-state index contributed by atoms with van der Waals surface area (Å²) in [6.45, 7) is 0.371. The highest BCUT2D eigenvalue weighted by molar-refractivity contribution is 9.10. The number of carbonyl (C=O) groups is 2. The van der Waals surface area contributed by atoms with Gasteiger partial charge in [-0.05, 0) is 34.1 Å². The van der Waals surface area contributed by atoms with Crippen LogP contribution in [0.3, 0.4) is 0 Å². The maximum atomic E-state index is 13.1. The molecular weight excluding hydrogens is 351 g/mol. The molecule has 0 aromatic heterocycles. The van der Waals surface area contributed by atoms with Gasteiger partial charge in [0.25, 0.3) is 0 Å². The molecule has 2 amide bonds. The topological polar surface area (TPSA) is 69.6 Å². The van der Waals surface area contributed by atoms with Crippen molar-refractivity contribution in [3.05, 3.63) is 28.5 Å². The fourth-order valence-corrected chi connectivity index (χ4v) is 3.24. The van der Waals surface area contributed by atoms with Crippen LogP contribution in [0.15, 0.2) is 22.7 Å². The summed E-state index contributed by atoms with van der Waals surface area (Å²) in [5.74, 6) is -0.381. The van der Waals surface area contributed by atoms with Gasteiger partial charge in [-0.15, -0.1) is 0 Å². The molecule has 1 heterocycles. The minimum Gasteiger partial charge on any atom is -0.480 e. The zero-order valence-corrected chi connectivity index (χ0v) is 12.7. The van der Waals surface area contributed by atoms with Gasteiger partial charge >= 0.3 is 12.0 Å². The third-order valence-corrected chi connectivity index (χ3v) is 4.48. The standard InChI is InChI=1S/C12H12BrFN2O3S/c13-8-5-7(1-2-9(8)14)15-12(19)16-3-4-20-6-10(16)11(17)18/h1-2,5,10H,3-4,6H2,(H,15,19)(H,17,18). The second-order valence-electron chi connectivity index (χ2n) is 4.18. The van der Waals surface area contributed by atoms with E-state index < -0.39 is 23.9 Å². The van der Waals surface area contributed by atoms with Crippen LogP contribution in [0, 0.1) is 5.82 Å². The first kappa shape index (κ1) is 15.1. The summed E-state index contributed by atoms with van der Waals surface area (Å²) in [5.41, 5.74) is 0.408. The molecule has 1 aromatic rings. The number of benzene rings is 1. The molecule has 1 aromatic carbocycles. The van der Waals surface area contributed by atoms with Crippen molar-refractivity contribution in [3.8, 4) is 0 Å². The minimum absolute atomic E-state index is 0.235. The average molecular weight is 363 g/mol. The van der Waals surface area contributed by atoms with Gasteiger partial charge in [-0.1, -0.05) is 0 Å². The summed E-state index contributed by atoms with van der Waals surface area (Å²) < 4.78 is 13.3. The first-order valence-electron chi connectivity index (χ1n) is 5.82. The number of hydrogen-bond donors (Lipinski definition) is 2. The third kappa shape index (κ3) is 3.43. The van der Waals surface area contributed by atoms with Crippen molar-refractivity contribution in [2.75, 3.05) is 23.4 Å². The smallest absolute Gasteiger partial charge is 0.327 e.